The number of carbonyl (C=O) groups is 1. The van der Waals surface area contributed by atoms with Crippen molar-refractivity contribution in [3.05, 3.63) is 59.7 Å². The van der Waals surface area contributed by atoms with Gasteiger partial charge in [-0.05, 0) is 62.3 Å². The summed E-state index contributed by atoms with van der Waals surface area (Å²) in [5, 5.41) is 20.9. The molecule has 8 nitrogen and oxygen atoms in total. The van der Waals surface area contributed by atoms with Crippen LogP contribution in [0.15, 0.2) is 48.5 Å². The second kappa shape index (κ2) is 13.2. The normalized spacial score (nSPS) is 18.8. The molecule has 0 bridgehead atoms. The van der Waals surface area contributed by atoms with Gasteiger partial charge in [0.1, 0.15) is 0 Å². The molecule has 1 amide bonds. The monoisotopic (exact) mass is 546 g/mol. The van der Waals surface area contributed by atoms with Gasteiger partial charge in [-0.25, -0.2) is 0 Å². The molecule has 1 aliphatic rings. The minimum Gasteiger partial charge on any atom is -0.390 e. The van der Waals surface area contributed by atoms with Crippen molar-refractivity contribution in [1.29, 1.82) is 0 Å². The van der Waals surface area contributed by atoms with Crippen LogP contribution in [0.25, 0.3) is 0 Å². The van der Waals surface area contributed by atoms with E-state index < -0.39 is 22.9 Å². The van der Waals surface area contributed by atoms with Gasteiger partial charge in [-0.15, -0.1) is 10.8 Å². The number of hydrogen-bond acceptors (Lipinski definition) is 7. The van der Waals surface area contributed by atoms with Crippen LogP contribution < -0.4 is 20.3 Å². The molecule has 0 spiro atoms. The van der Waals surface area contributed by atoms with Crippen LogP contribution in [0.3, 0.4) is 0 Å². The topological polar surface area (TPSA) is 117 Å². The third-order valence-electron chi connectivity index (χ3n) is 7.24. The highest BCUT2D eigenvalue weighted by atomic mass is 32.3. The van der Waals surface area contributed by atoms with Crippen molar-refractivity contribution in [3.63, 3.8) is 0 Å². The van der Waals surface area contributed by atoms with Crippen molar-refractivity contribution in [2.45, 2.75) is 72.1 Å². The second-order valence-corrected chi connectivity index (χ2v) is 13.4. The molecule has 6 N–H and O–H groups in total. The fraction of sp³-hybridized carbons (Fsp3) is 0.552. The van der Waals surface area contributed by atoms with Gasteiger partial charge in [0.15, 0.2) is 0 Å². The molecule has 0 radical (unpaired) electrons. The Morgan fingerprint density at radius 1 is 1.11 bits per heavy atom. The van der Waals surface area contributed by atoms with Gasteiger partial charge in [-0.2, -0.15) is 0 Å². The fourth-order valence-electron chi connectivity index (χ4n) is 4.45. The summed E-state index contributed by atoms with van der Waals surface area (Å²) in [6.45, 7) is 12.0. The van der Waals surface area contributed by atoms with Crippen LogP contribution in [0.4, 0.5) is 11.4 Å². The largest absolute Gasteiger partial charge is 0.390 e. The van der Waals surface area contributed by atoms with Gasteiger partial charge in [0.05, 0.1) is 23.6 Å². The number of aliphatic hydroxyl groups excluding tert-OH is 1. The predicted molar refractivity (Wildman–Crippen MR) is 159 cm³/mol. The summed E-state index contributed by atoms with van der Waals surface area (Å²) in [4.78, 5) is 13.6. The Bertz CT molecular complexity index is 1040. The molecule has 0 saturated carbocycles. The Morgan fingerprint density at radius 3 is 2.45 bits per heavy atom. The van der Waals surface area contributed by atoms with Crippen molar-refractivity contribution >= 4 is 28.1 Å². The van der Waals surface area contributed by atoms with Crippen molar-refractivity contribution in [2.24, 2.45) is 5.41 Å². The number of anilines is 2. The molecule has 1 heterocycles. The smallest absolute Gasteiger partial charge is 0.251 e. The Morgan fingerprint density at radius 2 is 1.82 bits per heavy atom. The van der Waals surface area contributed by atoms with Gasteiger partial charge >= 0.3 is 0 Å². The number of rotatable bonds is 11. The molecular formula is C29H46N4O4S. The first kappa shape index (κ1) is 30.2. The zero-order chi connectivity index (χ0) is 27.9. The van der Waals surface area contributed by atoms with Crippen LogP contribution in [0.2, 0.25) is 0 Å². The molecule has 9 heteroatoms. The van der Waals surface area contributed by atoms with Crippen LogP contribution in [-0.2, 0) is 6.42 Å². The molecule has 3 atom stereocenters. The highest BCUT2D eigenvalue weighted by Gasteiger charge is 2.29. The number of amides is 1. The molecule has 0 aromatic heterocycles. The highest BCUT2D eigenvalue weighted by Crippen LogP contribution is 2.50. The maximum Gasteiger partial charge on any atom is 0.251 e. The van der Waals surface area contributed by atoms with Crippen molar-refractivity contribution in [1.82, 2.24) is 10.6 Å². The van der Waals surface area contributed by atoms with E-state index in [4.69, 9.17) is 0 Å². The molecule has 1 fully saturated rings. The number of aliphatic hydroxyl groups is 1. The van der Waals surface area contributed by atoms with Gasteiger partial charge in [0.25, 0.3) is 5.91 Å². The van der Waals surface area contributed by atoms with Crippen LogP contribution in [-0.4, -0.2) is 63.7 Å². The highest BCUT2D eigenvalue weighted by molar-refractivity contribution is 8.25. The van der Waals surface area contributed by atoms with E-state index in [0.717, 1.165) is 24.1 Å². The molecule has 0 aliphatic carbocycles. The van der Waals surface area contributed by atoms with Gasteiger partial charge in [-0.3, -0.25) is 18.2 Å². The van der Waals surface area contributed by atoms with E-state index in [9.17, 15) is 19.0 Å². The van der Waals surface area contributed by atoms with Gasteiger partial charge in [-0.1, -0.05) is 51.1 Å². The van der Waals surface area contributed by atoms with Crippen LogP contribution in [0.5, 0.6) is 0 Å². The summed E-state index contributed by atoms with van der Waals surface area (Å²) in [7, 11) is -2.93. The Balaban J connectivity index is 1.85. The second-order valence-electron chi connectivity index (χ2n) is 11.3. The van der Waals surface area contributed by atoms with Gasteiger partial charge < -0.3 is 21.1 Å². The summed E-state index contributed by atoms with van der Waals surface area (Å²) in [5.41, 5.74) is 2.79. The third kappa shape index (κ3) is 8.35. The lowest BCUT2D eigenvalue weighted by Gasteiger charge is -2.47. The first-order chi connectivity index (χ1) is 17.9. The van der Waals surface area contributed by atoms with E-state index in [1.807, 2.05) is 43.3 Å². The van der Waals surface area contributed by atoms with E-state index in [1.54, 1.807) is 16.4 Å². The first-order valence-corrected chi connectivity index (χ1v) is 15.3. The molecular weight excluding hydrogens is 500 g/mol. The minimum absolute atomic E-state index is 0.0338. The predicted octanol–water partition coefficient (Wildman–Crippen LogP) is 5.11. The summed E-state index contributed by atoms with van der Waals surface area (Å²) < 4.78 is 23.0. The maximum atomic E-state index is 13.6. The first-order valence-electron chi connectivity index (χ1n) is 13.6. The minimum atomic E-state index is -2.93. The maximum absolute atomic E-state index is 13.6. The summed E-state index contributed by atoms with van der Waals surface area (Å²) in [6, 6.07) is 14.8. The zero-order valence-electron chi connectivity index (χ0n) is 23.4. The Labute approximate surface area is 229 Å². The average molecular weight is 547 g/mol. The van der Waals surface area contributed by atoms with E-state index in [2.05, 4.69) is 43.6 Å². The summed E-state index contributed by atoms with van der Waals surface area (Å²) >= 11 is 0. The molecule has 0 unspecified atom stereocenters. The lowest BCUT2D eigenvalue weighted by atomic mass is 9.88. The van der Waals surface area contributed by atoms with Gasteiger partial charge in [0.2, 0.25) is 0 Å². The number of hydrogen-bond donors (Lipinski definition) is 6. The molecule has 2 aromatic carbocycles. The van der Waals surface area contributed by atoms with Crippen LogP contribution in [0.1, 0.15) is 63.4 Å². The van der Waals surface area contributed by atoms with Crippen molar-refractivity contribution in [3.8, 4) is 0 Å². The number of nitrogens with zero attached hydrogens (tertiary/aromatic N) is 1. The molecule has 38 heavy (non-hydrogen) atoms. The zero-order valence-corrected chi connectivity index (χ0v) is 24.2. The lowest BCUT2D eigenvalue weighted by molar-refractivity contribution is 0.0813. The van der Waals surface area contributed by atoms with E-state index in [0.29, 0.717) is 43.1 Å². The Kier molecular flexibility index (Phi) is 10.5. The lowest BCUT2D eigenvalue weighted by Crippen LogP contribution is -2.51. The molecule has 1 aliphatic heterocycles. The van der Waals surface area contributed by atoms with Crippen LogP contribution >= 0.6 is 10.8 Å². The molecule has 1 saturated heterocycles. The number of benzene rings is 2. The van der Waals surface area contributed by atoms with E-state index in [1.165, 1.54) is 0 Å². The summed E-state index contributed by atoms with van der Waals surface area (Å²) in [5.74, 6) is 0.00835. The number of carbonyl (C=O) groups excluding carboxylic acids is 1. The molecule has 212 valence electrons. The SMILES string of the molecule is CCNc1cc(C(=O)N[C@@H](Cc2ccccc2)[C@@H](O)CN[C@H](C)C(C)(C)C)cc(N2CCCCS2(O)O)c1. The molecule has 3 rings (SSSR count). The van der Waals surface area contributed by atoms with Crippen molar-refractivity contribution < 1.29 is 19.0 Å². The standard InChI is InChI=1S/C29H46N4O4S/c1-6-30-24-17-23(18-25(19-24)33-14-10-11-15-38(33,36)37)28(35)32-26(16-22-12-8-7-9-13-22)27(34)20-31-21(2)29(3,4)5/h7-9,12-13,17-19,21,26-27,30-31,34,36-37H,6,10-11,14-16,20H2,1-5H3,(H,32,35)/t21-,26+,27+/m1/s1. The Hall–Kier alpha value is -2.30. The fourth-order valence-corrected chi connectivity index (χ4v) is 6.12. The number of nitrogens with one attached hydrogen (secondary N) is 3. The van der Waals surface area contributed by atoms with Gasteiger partial charge in [0, 0.05) is 36.9 Å². The summed E-state index contributed by atoms with van der Waals surface area (Å²) in [6.07, 6.45) is 1.29. The quantitative estimate of drug-likeness (QED) is 0.232. The van der Waals surface area contributed by atoms with E-state index in [-0.39, 0.29) is 17.4 Å². The van der Waals surface area contributed by atoms with Crippen LogP contribution in [0, 0.1) is 5.41 Å². The van der Waals surface area contributed by atoms with E-state index >= 15 is 0 Å². The third-order valence-corrected chi connectivity index (χ3v) is 9.18. The molecule has 2 aromatic rings. The van der Waals surface area contributed by atoms with Crippen molar-refractivity contribution in [2.75, 3.05) is 35.0 Å². The average Bonchev–Trinajstić information content (AvgIpc) is 2.86.